The second-order valence-corrected chi connectivity index (χ2v) is 7.35. The molecule has 0 amide bonds. The number of anilines is 1. The largest absolute Gasteiger partial charge is 0.268 e. The van der Waals surface area contributed by atoms with Crippen LogP contribution in [0.25, 0.3) is 0 Å². The van der Waals surface area contributed by atoms with Crippen molar-refractivity contribution in [1.82, 2.24) is 20.0 Å². The SMILES string of the molecule is CCCc1nnc(NS(=O)(=O)c2c(C)nn(CC)c2C)s1. The molecule has 21 heavy (non-hydrogen) atoms. The van der Waals surface area contributed by atoms with Gasteiger partial charge in [-0.25, -0.2) is 8.42 Å². The van der Waals surface area contributed by atoms with Crippen molar-refractivity contribution < 1.29 is 8.42 Å². The van der Waals surface area contributed by atoms with Gasteiger partial charge in [0, 0.05) is 13.0 Å². The Bertz CT molecular complexity index is 733. The standard InChI is InChI=1S/C12H19N5O2S2/c1-5-7-10-13-14-12(20-10)16-21(18,19)11-8(3)15-17(6-2)9(11)4/h5-7H2,1-4H3,(H,14,16). The van der Waals surface area contributed by atoms with Crippen LogP contribution in [0.15, 0.2) is 4.90 Å². The van der Waals surface area contributed by atoms with Crippen molar-refractivity contribution in [2.24, 2.45) is 0 Å². The van der Waals surface area contributed by atoms with Crippen molar-refractivity contribution in [3.8, 4) is 0 Å². The van der Waals surface area contributed by atoms with E-state index in [1.165, 1.54) is 11.3 Å². The third-order valence-corrected chi connectivity index (χ3v) is 5.65. The lowest BCUT2D eigenvalue weighted by molar-refractivity contribution is 0.598. The van der Waals surface area contributed by atoms with Crippen molar-refractivity contribution in [2.45, 2.75) is 52.0 Å². The summed E-state index contributed by atoms with van der Waals surface area (Å²) in [5.74, 6) is 0. The predicted molar refractivity (Wildman–Crippen MR) is 82.1 cm³/mol. The van der Waals surface area contributed by atoms with Crippen LogP contribution in [0, 0.1) is 13.8 Å². The van der Waals surface area contributed by atoms with E-state index in [9.17, 15) is 8.42 Å². The number of rotatable bonds is 6. The highest BCUT2D eigenvalue weighted by molar-refractivity contribution is 7.93. The highest BCUT2D eigenvalue weighted by atomic mass is 32.2. The molecule has 0 saturated heterocycles. The van der Waals surface area contributed by atoms with Crippen LogP contribution in [-0.2, 0) is 23.0 Å². The van der Waals surface area contributed by atoms with Crippen LogP contribution < -0.4 is 4.72 Å². The molecule has 0 unspecified atom stereocenters. The van der Waals surface area contributed by atoms with Gasteiger partial charge in [-0.1, -0.05) is 18.3 Å². The molecule has 0 spiro atoms. The van der Waals surface area contributed by atoms with E-state index >= 15 is 0 Å². The first-order chi connectivity index (χ1) is 9.89. The van der Waals surface area contributed by atoms with Crippen LogP contribution in [0.2, 0.25) is 0 Å². The lowest BCUT2D eigenvalue weighted by Gasteiger charge is -2.05. The summed E-state index contributed by atoms with van der Waals surface area (Å²) in [6.07, 6.45) is 1.74. The first kappa shape index (κ1) is 15.9. The summed E-state index contributed by atoms with van der Waals surface area (Å²) in [7, 11) is -3.69. The summed E-state index contributed by atoms with van der Waals surface area (Å²) < 4.78 is 29.2. The van der Waals surface area contributed by atoms with Gasteiger partial charge in [0.1, 0.15) is 9.90 Å². The maximum Gasteiger partial charge on any atom is 0.267 e. The van der Waals surface area contributed by atoms with Gasteiger partial charge in [-0.3, -0.25) is 9.40 Å². The lowest BCUT2D eigenvalue weighted by atomic mass is 10.4. The van der Waals surface area contributed by atoms with E-state index in [-0.39, 0.29) is 4.90 Å². The fourth-order valence-corrected chi connectivity index (χ4v) is 4.64. The molecule has 0 fully saturated rings. The number of aryl methyl sites for hydroxylation is 3. The van der Waals surface area contributed by atoms with E-state index < -0.39 is 10.0 Å². The van der Waals surface area contributed by atoms with Crippen molar-refractivity contribution in [2.75, 3.05) is 4.72 Å². The molecule has 0 bridgehead atoms. The third-order valence-electron chi connectivity index (χ3n) is 3.04. The van der Waals surface area contributed by atoms with E-state index in [0.717, 1.165) is 17.8 Å². The molecule has 0 aromatic carbocycles. The minimum absolute atomic E-state index is 0.219. The second kappa shape index (κ2) is 6.10. The van der Waals surface area contributed by atoms with Gasteiger partial charge in [0.15, 0.2) is 0 Å². The van der Waals surface area contributed by atoms with Gasteiger partial charge in [-0.15, -0.1) is 10.2 Å². The summed E-state index contributed by atoms with van der Waals surface area (Å²) in [5, 5.41) is 13.2. The lowest BCUT2D eigenvalue weighted by Crippen LogP contribution is -2.15. The van der Waals surface area contributed by atoms with Crippen LogP contribution in [0.4, 0.5) is 5.13 Å². The molecule has 2 aromatic rings. The molecular weight excluding hydrogens is 310 g/mol. The minimum Gasteiger partial charge on any atom is -0.268 e. The molecule has 0 aliphatic heterocycles. The van der Waals surface area contributed by atoms with Gasteiger partial charge in [-0.05, 0) is 27.2 Å². The zero-order valence-electron chi connectivity index (χ0n) is 12.5. The maximum absolute atomic E-state index is 12.5. The molecule has 0 aliphatic rings. The summed E-state index contributed by atoms with van der Waals surface area (Å²) in [6, 6.07) is 0. The average molecular weight is 329 g/mol. The molecule has 9 heteroatoms. The zero-order chi connectivity index (χ0) is 15.6. The molecule has 1 N–H and O–H groups in total. The van der Waals surface area contributed by atoms with Gasteiger partial charge in [0.25, 0.3) is 10.0 Å². The Kier molecular flexibility index (Phi) is 4.62. The van der Waals surface area contributed by atoms with Gasteiger partial charge >= 0.3 is 0 Å². The third kappa shape index (κ3) is 3.24. The van der Waals surface area contributed by atoms with E-state index in [2.05, 4.69) is 20.0 Å². The fourth-order valence-electron chi connectivity index (χ4n) is 2.15. The first-order valence-corrected chi connectivity index (χ1v) is 9.08. The second-order valence-electron chi connectivity index (χ2n) is 4.67. The van der Waals surface area contributed by atoms with E-state index in [4.69, 9.17) is 0 Å². The Balaban J connectivity index is 2.31. The fraction of sp³-hybridized carbons (Fsp3) is 0.583. The highest BCUT2D eigenvalue weighted by Gasteiger charge is 2.25. The first-order valence-electron chi connectivity index (χ1n) is 6.78. The Morgan fingerprint density at radius 1 is 1.24 bits per heavy atom. The number of hydrogen-bond donors (Lipinski definition) is 1. The number of sulfonamides is 1. The molecule has 2 rings (SSSR count). The molecule has 0 radical (unpaired) electrons. The van der Waals surface area contributed by atoms with Crippen molar-refractivity contribution in [3.05, 3.63) is 16.4 Å². The maximum atomic E-state index is 12.5. The predicted octanol–water partition coefficient (Wildman–Crippen LogP) is 2.12. The number of aromatic nitrogens is 4. The smallest absolute Gasteiger partial charge is 0.267 e. The molecule has 2 aromatic heterocycles. The normalized spacial score (nSPS) is 11.8. The van der Waals surface area contributed by atoms with Crippen LogP contribution in [-0.4, -0.2) is 28.4 Å². The summed E-state index contributed by atoms with van der Waals surface area (Å²) in [4.78, 5) is 0.219. The number of hydrogen-bond acceptors (Lipinski definition) is 6. The summed E-state index contributed by atoms with van der Waals surface area (Å²) in [5.41, 5.74) is 1.11. The minimum atomic E-state index is -3.69. The van der Waals surface area contributed by atoms with Gasteiger partial charge in [0.05, 0.1) is 11.4 Å². The monoisotopic (exact) mass is 329 g/mol. The topological polar surface area (TPSA) is 89.8 Å². The number of nitrogens with zero attached hydrogens (tertiary/aromatic N) is 4. The van der Waals surface area contributed by atoms with Crippen LogP contribution in [0.3, 0.4) is 0 Å². The Labute approximate surface area is 128 Å². The zero-order valence-corrected chi connectivity index (χ0v) is 14.2. The molecule has 116 valence electrons. The van der Waals surface area contributed by atoms with Gasteiger partial charge < -0.3 is 0 Å². The molecule has 0 atom stereocenters. The molecular formula is C12H19N5O2S2. The van der Waals surface area contributed by atoms with Crippen LogP contribution in [0.5, 0.6) is 0 Å². The van der Waals surface area contributed by atoms with Crippen molar-refractivity contribution in [1.29, 1.82) is 0 Å². The average Bonchev–Trinajstić information content (AvgIpc) is 2.94. The van der Waals surface area contributed by atoms with Gasteiger partial charge in [-0.2, -0.15) is 5.10 Å². The van der Waals surface area contributed by atoms with Gasteiger partial charge in [0.2, 0.25) is 5.13 Å². The molecule has 2 heterocycles. The molecule has 0 saturated carbocycles. The molecule has 7 nitrogen and oxygen atoms in total. The van der Waals surface area contributed by atoms with Crippen LogP contribution >= 0.6 is 11.3 Å². The summed E-state index contributed by atoms with van der Waals surface area (Å²) in [6.45, 7) is 8.03. The summed E-state index contributed by atoms with van der Waals surface area (Å²) >= 11 is 1.26. The van der Waals surface area contributed by atoms with E-state index in [1.54, 1.807) is 18.5 Å². The van der Waals surface area contributed by atoms with Crippen LogP contribution in [0.1, 0.15) is 36.7 Å². The molecule has 0 aliphatic carbocycles. The Hall–Kier alpha value is -1.48. The van der Waals surface area contributed by atoms with E-state index in [1.807, 2.05) is 13.8 Å². The van der Waals surface area contributed by atoms with Crippen molar-refractivity contribution >= 4 is 26.5 Å². The highest BCUT2D eigenvalue weighted by Crippen LogP contribution is 2.24. The Morgan fingerprint density at radius 3 is 2.52 bits per heavy atom. The quantitative estimate of drug-likeness (QED) is 0.877. The van der Waals surface area contributed by atoms with Crippen molar-refractivity contribution in [3.63, 3.8) is 0 Å². The number of nitrogens with one attached hydrogen (secondary N) is 1. The van der Waals surface area contributed by atoms with E-state index in [0.29, 0.717) is 23.1 Å². The Morgan fingerprint density at radius 2 is 1.95 bits per heavy atom.